The van der Waals surface area contributed by atoms with Crippen molar-refractivity contribution < 1.29 is 19.1 Å². The van der Waals surface area contributed by atoms with E-state index < -0.39 is 14.4 Å². The highest BCUT2D eigenvalue weighted by Gasteiger charge is 2.42. The third kappa shape index (κ3) is 8.96. The van der Waals surface area contributed by atoms with Crippen molar-refractivity contribution in [3.05, 3.63) is 9.66 Å². The molecule has 0 fully saturated rings. The minimum Gasteiger partial charge on any atom is -0.461 e. The third-order valence-electron chi connectivity index (χ3n) is 5.89. The minimum absolute atomic E-state index is 0.0123. The van der Waals surface area contributed by atoms with E-state index in [0.717, 1.165) is 10.0 Å². The molecule has 27 heavy (non-hydrogen) atoms. The number of aliphatic hydroxyl groups is 1. The molecule has 0 amide bonds. The lowest BCUT2D eigenvalue weighted by Gasteiger charge is -2.44. The quantitative estimate of drug-likeness (QED) is 0.224. The number of hydrogen-bond donors (Lipinski definition) is 1. The maximum absolute atomic E-state index is 11.0. The Kier molecular flexibility index (Phi) is 11.3. The average molecular weight is 513 g/mol. The summed E-state index contributed by atoms with van der Waals surface area (Å²) in [7, 11) is -1.93. The van der Waals surface area contributed by atoms with Crippen molar-refractivity contribution >= 4 is 36.9 Å². The maximum Gasteiger partial charge on any atom is 0.302 e. The fourth-order valence-corrected chi connectivity index (χ4v) is 4.97. The van der Waals surface area contributed by atoms with Crippen molar-refractivity contribution in [3.63, 3.8) is 0 Å². The third-order valence-corrected chi connectivity index (χ3v) is 11.0. The first-order chi connectivity index (χ1) is 12.1. The second-order valence-corrected chi connectivity index (χ2v) is 15.5. The van der Waals surface area contributed by atoms with Crippen LogP contribution < -0.4 is 0 Å². The molecule has 0 aromatic carbocycles. The van der Waals surface area contributed by atoms with Crippen molar-refractivity contribution in [1.82, 2.24) is 0 Å². The van der Waals surface area contributed by atoms with Crippen LogP contribution in [0, 0.1) is 17.8 Å². The summed E-state index contributed by atoms with van der Waals surface area (Å²) in [5.41, 5.74) is 0. The average Bonchev–Trinajstić information content (AvgIpc) is 2.54. The van der Waals surface area contributed by atoms with Gasteiger partial charge in [-0.25, -0.2) is 0 Å². The largest absolute Gasteiger partial charge is 0.461 e. The Balaban J connectivity index is 5.34. The van der Waals surface area contributed by atoms with Crippen LogP contribution in [0.3, 0.4) is 0 Å². The number of rotatable bonds is 10. The molecule has 0 rings (SSSR count). The molecule has 0 aromatic heterocycles. The van der Waals surface area contributed by atoms with E-state index in [9.17, 15) is 9.90 Å². The lowest BCUT2D eigenvalue weighted by molar-refractivity contribution is -0.139. The van der Waals surface area contributed by atoms with E-state index in [1.165, 1.54) is 6.92 Å². The van der Waals surface area contributed by atoms with Crippen LogP contribution in [0.15, 0.2) is 9.66 Å². The van der Waals surface area contributed by atoms with Crippen molar-refractivity contribution in [3.8, 4) is 0 Å². The fourth-order valence-electron chi connectivity index (χ4n) is 2.77. The monoisotopic (exact) mass is 512 g/mol. The van der Waals surface area contributed by atoms with Crippen molar-refractivity contribution in [1.29, 1.82) is 0 Å². The molecule has 0 aliphatic rings. The number of carbonyl (C=O) groups excluding carboxylic acids is 1. The second-order valence-electron chi connectivity index (χ2n) is 9.33. The Labute approximate surface area is 181 Å². The molecule has 0 aliphatic carbocycles. The van der Waals surface area contributed by atoms with Gasteiger partial charge in [-0.2, -0.15) is 0 Å². The van der Waals surface area contributed by atoms with Crippen molar-refractivity contribution in [2.45, 2.75) is 92.2 Å². The van der Waals surface area contributed by atoms with Gasteiger partial charge in [0.25, 0.3) is 0 Å². The number of aliphatic hydroxyl groups excluding tert-OH is 1. The Morgan fingerprint density at radius 2 is 1.74 bits per heavy atom. The summed E-state index contributed by atoms with van der Waals surface area (Å²) in [5, 5.41) is 11.1. The van der Waals surface area contributed by atoms with Crippen LogP contribution in [0.1, 0.15) is 61.8 Å². The predicted molar refractivity (Wildman–Crippen MR) is 125 cm³/mol. The van der Waals surface area contributed by atoms with Gasteiger partial charge in [-0.3, -0.25) is 4.79 Å². The maximum atomic E-state index is 11.0. The Morgan fingerprint density at radius 1 is 1.22 bits per heavy atom. The smallest absolute Gasteiger partial charge is 0.302 e. The summed E-state index contributed by atoms with van der Waals surface area (Å²) in [6, 6.07) is 0. The number of carbonyl (C=O) groups is 1. The zero-order chi connectivity index (χ0) is 21.6. The van der Waals surface area contributed by atoms with Gasteiger partial charge >= 0.3 is 5.97 Å². The van der Waals surface area contributed by atoms with Crippen molar-refractivity contribution in [2.75, 3.05) is 6.61 Å². The molecule has 0 radical (unpaired) electrons. The topological polar surface area (TPSA) is 55.8 Å². The predicted octanol–water partition coefficient (Wildman–Crippen LogP) is 5.94. The molecular weight excluding hydrogens is 471 g/mol. The summed E-state index contributed by atoms with van der Waals surface area (Å²) in [6.45, 7) is 21.4. The first kappa shape index (κ1) is 27.1. The van der Waals surface area contributed by atoms with E-state index >= 15 is 0 Å². The first-order valence-corrected chi connectivity index (χ1v) is 14.0. The number of esters is 1. The van der Waals surface area contributed by atoms with E-state index in [1.807, 2.05) is 13.0 Å². The molecule has 0 spiro atoms. The summed E-state index contributed by atoms with van der Waals surface area (Å²) < 4.78 is 12.7. The Hall–Kier alpha value is 0.0769. The van der Waals surface area contributed by atoms with Gasteiger partial charge in [-0.1, -0.05) is 61.0 Å². The van der Waals surface area contributed by atoms with E-state index in [2.05, 4.69) is 77.2 Å². The Morgan fingerprint density at radius 3 is 2.15 bits per heavy atom. The van der Waals surface area contributed by atoms with Gasteiger partial charge in [0.15, 0.2) is 8.32 Å². The van der Waals surface area contributed by atoms with Crippen LogP contribution in [0.5, 0.6) is 0 Å². The van der Waals surface area contributed by atoms with Gasteiger partial charge in [0.2, 0.25) is 0 Å². The van der Waals surface area contributed by atoms with E-state index in [0.29, 0.717) is 5.92 Å². The van der Waals surface area contributed by atoms with Crippen LogP contribution in [0.4, 0.5) is 0 Å². The Bertz CT molecular complexity index is 499. The lowest BCUT2D eigenvalue weighted by Crippen LogP contribution is -2.49. The minimum atomic E-state index is -1.93. The first-order valence-electron chi connectivity index (χ1n) is 9.99. The molecular formula is C21H41IO4Si. The zero-order valence-electron chi connectivity index (χ0n) is 18.9. The van der Waals surface area contributed by atoms with Gasteiger partial charge in [0, 0.05) is 22.3 Å². The van der Waals surface area contributed by atoms with Crippen LogP contribution >= 0.6 is 22.6 Å². The van der Waals surface area contributed by atoms with Crippen LogP contribution in [-0.2, 0) is 14.0 Å². The summed E-state index contributed by atoms with van der Waals surface area (Å²) >= 11 is 2.17. The zero-order valence-corrected chi connectivity index (χ0v) is 22.1. The molecule has 0 aliphatic heterocycles. The molecule has 0 heterocycles. The van der Waals surface area contributed by atoms with Crippen LogP contribution in [0.2, 0.25) is 18.1 Å². The highest BCUT2D eigenvalue weighted by molar-refractivity contribution is 14.1. The van der Waals surface area contributed by atoms with Crippen LogP contribution in [-0.4, -0.2) is 38.2 Å². The highest BCUT2D eigenvalue weighted by atomic mass is 127. The molecule has 160 valence electrons. The molecule has 4 nitrogen and oxygen atoms in total. The highest BCUT2D eigenvalue weighted by Crippen LogP contribution is 2.40. The molecule has 0 saturated carbocycles. The van der Waals surface area contributed by atoms with Gasteiger partial charge in [0.05, 0.1) is 12.2 Å². The van der Waals surface area contributed by atoms with Gasteiger partial charge in [-0.05, 0) is 46.6 Å². The van der Waals surface area contributed by atoms with E-state index in [4.69, 9.17) is 9.16 Å². The summed E-state index contributed by atoms with van der Waals surface area (Å²) in [6.07, 6.45) is 2.51. The van der Waals surface area contributed by atoms with Crippen molar-refractivity contribution in [2.24, 2.45) is 17.8 Å². The van der Waals surface area contributed by atoms with Gasteiger partial charge in [-0.15, -0.1) is 0 Å². The van der Waals surface area contributed by atoms with E-state index in [-0.39, 0.29) is 35.6 Å². The molecule has 6 heteroatoms. The fraction of sp³-hybridized carbons (Fsp3) is 0.857. The molecule has 1 N–H and O–H groups in total. The van der Waals surface area contributed by atoms with Crippen LogP contribution in [0.25, 0.3) is 0 Å². The SMILES string of the molecule is CC[C@H](C)[C@@H](O[Si](C)(C)C(C)(C)C)[C@H](C)[C@H](O)[C@H](C)/C=C(/I)COC(C)=O. The number of halogens is 1. The molecule has 0 aromatic rings. The molecule has 0 unspecified atom stereocenters. The summed E-state index contributed by atoms with van der Waals surface area (Å²) in [4.78, 5) is 11.0. The number of ether oxygens (including phenoxy) is 1. The normalized spacial score (nSPS) is 19.2. The standard InChI is InChI=1S/C21H41IO4Si/c1-11-14(2)20(26-27(9,10)21(6,7)8)16(4)19(24)15(3)12-18(22)13-25-17(5)23/h12,14-16,19-20,24H,11,13H2,1-10H3/b18-12+/t14-,15+,16+,19+,20+/m0/s1. The summed E-state index contributed by atoms with van der Waals surface area (Å²) in [5.74, 6) is 0.0501. The molecule has 0 saturated heterocycles. The van der Waals surface area contributed by atoms with Gasteiger partial charge in [0.1, 0.15) is 6.61 Å². The number of hydrogen-bond acceptors (Lipinski definition) is 4. The molecule has 5 atom stereocenters. The van der Waals surface area contributed by atoms with Gasteiger partial charge < -0.3 is 14.3 Å². The second kappa shape index (κ2) is 11.3. The lowest BCUT2D eigenvalue weighted by atomic mass is 9.83. The molecule has 0 bridgehead atoms. The van der Waals surface area contributed by atoms with E-state index in [1.54, 1.807) is 0 Å².